The molecule has 0 aliphatic rings. The Balaban J connectivity index is 2.83. The summed E-state index contributed by atoms with van der Waals surface area (Å²) < 4.78 is 16.9. The van der Waals surface area contributed by atoms with Crippen LogP contribution in [-0.2, 0) is 0 Å². The van der Waals surface area contributed by atoms with Crippen molar-refractivity contribution >= 4 is 12.1 Å². The minimum atomic E-state index is -0.306. The van der Waals surface area contributed by atoms with Crippen LogP contribution in [0, 0.1) is 0 Å². The van der Waals surface area contributed by atoms with Gasteiger partial charge in [-0.05, 0) is 45.7 Å². The number of hydrogen-bond acceptors (Lipinski definition) is 5. The molecule has 0 atom stereocenters. The maximum atomic E-state index is 12.4. The van der Waals surface area contributed by atoms with Crippen LogP contribution in [0.4, 0.5) is 0 Å². The molecule has 0 aliphatic heterocycles. The van der Waals surface area contributed by atoms with Gasteiger partial charge in [-0.25, -0.2) is 5.43 Å². The Bertz CT molecular complexity index is 546. The molecule has 6 heteroatoms. The average Bonchev–Trinajstić information content (AvgIpc) is 2.63. The van der Waals surface area contributed by atoms with Crippen molar-refractivity contribution in [2.75, 3.05) is 19.8 Å². The molecule has 1 aromatic rings. The number of benzene rings is 1. The predicted octanol–water partition coefficient (Wildman–Crippen LogP) is 4.57. The zero-order valence-corrected chi connectivity index (χ0v) is 16.5. The molecule has 0 fully saturated rings. The SMILES string of the molecule is CCCCCCC=NNC(=O)c1cc(OCC)c(OCC)c(OCC)c1. The maximum Gasteiger partial charge on any atom is 0.271 e. The van der Waals surface area contributed by atoms with E-state index in [0.29, 0.717) is 42.6 Å². The fraction of sp³-hybridized carbons (Fsp3) is 0.600. The van der Waals surface area contributed by atoms with E-state index in [0.717, 1.165) is 12.8 Å². The van der Waals surface area contributed by atoms with Crippen molar-refractivity contribution in [3.8, 4) is 17.2 Å². The summed E-state index contributed by atoms with van der Waals surface area (Å²) in [6.07, 6.45) is 7.31. The van der Waals surface area contributed by atoms with E-state index in [2.05, 4.69) is 17.5 Å². The second-order valence-electron chi connectivity index (χ2n) is 5.70. The summed E-state index contributed by atoms with van der Waals surface area (Å²) in [5, 5.41) is 4.02. The fourth-order valence-corrected chi connectivity index (χ4v) is 2.42. The van der Waals surface area contributed by atoms with Crippen LogP contribution >= 0.6 is 0 Å². The van der Waals surface area contributed by atoms with Gasteiger partial charge < -0.3 is 14.2 Å². The van der Waals surface area contributed by atoms with Crippen LogP contribution in [0.3, 0.4) is 0 Å². The number of amides is 1. The molecule has 0 bridgehead atoms. The van der Waals surface area contributed by atoms with Gasteiger partial charge in [0.15, 0.2) is 11.5 Å². The molecule has 1 amide bonds. The van der Waals surface area contributed by atoms with Crippen LogP contribution in [0.2, 0.25) is 0 Å². The quantitative estimate of drug-likeness (QED) is 0.316. The maximum absolute atomic E-state index is 12.4. The largest absolute Gasteiger partial charge is 0.490 e. The number of hydrazone groups is 1. The summed E-state index contributed by atoms with van der Waals surface area (Å²) in [5.41, 5.74) is 2.98. The second kappa shape index (κ2) is 13.0. The van der Waals surface area contributed by atoms with E-state index in [1.165, 1.54) is 19.3 Å². The summed E-state index contributed by atoms with van der Waals surface area (Å²) in [7, 11) is 0. The molecule has 1 rings (SSSR count). The standard InChI is InChI=1S/C20H32N2O4/c1-5-9-10-11-12-13-21-22-20(23)16-14-17(24-6-2)19(26-8-4)18(15-16)25-7-3/h13-15H,5-12H2,1-4H3,(H,22,23). The van der Waals surface area contributed by atoms with Crippen LogP contribution in [0.1, 0.15) is 70.2 Å². The Hall–Kier alpha value is -2.24. The summed E-state index contributed by atoms with van der Waals surface area (Å²) in [6, 6.07) is 3.31. The molecule has 26 heavy (non-hydrogen) atoms. The highest BCUT2D eigenvalue weighted by atomic mass is 16.5. The summed E-state index contributed by atoms with van der Waals surface area (Å²) in [4.78, 5) is 12.4. The number of rotatable bonds is 13. The summed E-state index contributed by atoms with van der Waals surface area (Å²) in [6.45, 7) is 9.24. The summed E-state index contributed by atoms with van der Waals surface area (Å²) >= 11 is 0. The number of ether oxygens (including phenoxy) is 3. The van der Waals surface area contributed by atoms with Gasteiger partial charge in [-0.3, -0.25) is 4.79 Å². The zero-order chi connectivity index (χ0) is 19.2. The predicted molar refractivity (Wildman–Crippen MR) is 105 cm³/mol. The Morgan fingerprint density at radius 3 is 2.12 bits per heavy atom. The van der Waals surface area contributed by atoms with Crippen LogP contribution in [0.25, 0.3) is 0 Å². The van der Waals surface area contributed by atoms with Gasteiger partial charge in [-0.2, -0.15) is 5.10 Å². The average molecular weight is 364 g/mol. The lowest BCUT2D eigenvalue weighted by Gasteiger charge is -2.16. The van der Waals surface area contributed by atoms with Crippen molar-refractivity contribution in [1.29, 1.82) is 0 Å². The number of nitrogens with zero attached hydrogens (tertiary/aromatic N) is 1. The van der Waals surface area contributed by atoms with Crippen molar-refractivity contribution < 1.29 is 19.0 Å². The van der Waals surface area contributed by atoms with Gasteiger partial charge in [0.1, 0.15) is 0 Å². The normalized spacial score (nSPS) is 10.8. The van der Waals surface area contributed by atoms with Gasteiger partial charge in [-0.1, -0.05) is 26.2 Å². The van der Waals surface area contributed by atoms with Crippen molar-refractivity contribution in [3.63, 3.8) is 0 Å². The second-order valence-corrected chi connectivity index (χ2v) is 5.70. The van der Waals surface area contributed by atoms with E-state index in [4.69, 9.17) is 14.2 Å². The third kappa shape index (κ3) is 7.33. The number of carbonyl (C=O) groups excluding carboxylic acids is 1. The van der Waals surface area contributed by atoms with Crippen LogP contribution in [0.15, 0.2) is 17.2 Å². The molecule has 146 valence electrons. The first kappa shape index (κ1) is 21.8. The Morgan fingerprint density at radius 1 is 0.962 bits per heavy atom. The molecular formula is C20H32N2O4. The van der Waals surface area contributed by atoms with E-state index in [9.17, 15) is 4.79 Å². The topological polar surface area (TPSA) is 69.2 Å². The van der Waals surface area contributed by atoms with Gasteiger partial charge >= 0.3 is 0 Å². The van der Waals surface area contributed by atoms with E-state index in [1.54, 1.807) is 18.3 Å². The van der Waals surface area contributed by atoms with E-state index >= 15 is 0 Å². The third-order valence-corrected chi connectivity index (χ3v) is 3.62. The third-order valence-electron chi connectivity index (χ3n) is 3.62. The fourth-order valence-electron chi connectivity index (χ4n) is 2.42. The first-order valence-corrected chi connectivity index (χ1v) is 9.56. The molecule has 6 nitrogen and oxygen atoms in total. The molecule has 0 spiro atoms. The molecule has 1 N–H and O–H groups in total. The molecule has 1 aromatic carbocycles. The Labute approximate surface area is 156 Å². The van der Waals surface area contributed by atoms with Gasteiger partial charge in [0.2, 0.25) is 5.75 Å². The van der Waals surface area contributed by atoms with E-state index in [1.807, 2.05) is 20.8 Å². The van der Waals surface area contributed by atoms with E-state index < -0.39 is 0 Å². The number of unbranched alkanes of at least 4 members (excludes halogenated alkanes) is 4. The monoisotopic (exact) mass is 364 g/mol. The lowest BCUT2D eigenvalue weighted by Crippen LogP contribution is -2.18. The van der Waals surface area contributed by atoms with Crippen molar-refractivity contribution in [3.05, 3.63) is 17.7 Å². The Morgan fingerprint density at radius 2 is 1.58 bits per heavy atom. The number of carbonyl (C=O) groups is 1. The molecule has 0 saturated heterocycles. The first-order valence-electron chi connectivity index (χ1n) is 9.56. The minimum Gasteiger partial charge on any atom is -0.490 e. The molecule has 0 heterocycles. The van der Waals surface area contributed by atoms with E-state index in [-0.39, 0.29) is 5.91 Å². The Kier molecular flexibility index (Phi) is 10.9. The molecule has 0 aromatic heterocycles. The molecule has 0 unspecified atom stereocenters. The van der Waals surface area contributed by atoms with Crippen molar-refractivity contribution in [2.45, 2.75) is 59.8 Å². The van der Waals surface area contributed by atoms with Crippen molar-refractivity contribution in [2.24, 2.45) is 5.10 Å². The van der Waals surface area contributed by atoms with Crippen LogP contribution in [-0.4, -0.2) is 31.9 Å². The highest BCUT2D eigenvalue weighted by Crippen LogP contribution is 2.39. The van der Waals surface area contributed by atoms with Gasteiger partial charge in [0.05, 0.1) is 19.8 Å². The molecule has 0 aliphatic carbocycles. The lowest BCUT2D eigenvalue weighted by molar-refractivity contribution is 0.0954. The molecule has 0 saturated carbocycles. The molecular weight excluding hydrogens is 332 g/mol. The van der Waals surface area contributed by atoms with Gasteiger partial charge in [0.25, 0.3) is 5.91 Å². The lowest BCUT2D eigenvalue weighted by atomic mass is 10.1. The zero-order valence-electron chi connectivity index (χ0n) is 16.5. The van der Waals surface area contributed by atoms with Gasteiger partial charge in [0, 0.05) is 11.8 Å². The highest BCUT2D eigenvalue weighted by molar-refractivity contribution is 5.95. The minimum absolute atomic E-state index is 0.306. The number of hydrogen-bond donors (Lipinski definition) is 1. The van der Waals surface area contributed by atoms with Crippen LogP contribution in [0.5, 0.6) is 17.2 Å². The van der Waals surface area contributed by atoms with Gasteiger partial charge in [-0.15, -0.1) is 0 Å². The molecule has 0 radical (unpaired) electrons. The summed E-state index contributed by atoms with van der Waals surface area (Å²) in [5.74, 6) is 1.20. The smallest absolute Gasteiger partial charge is 0.271 e. The van der Waals surface area contributed by atoms with Crippen molar-refractivity contribution in [1.82, 2.24) is 5.43 Å². The highest BCUT2D eigenvalue weighted by Gasteiger charge is 2.18. The van der Waals surface area contributed by atoms with Crippen LogP contribution < -0.4 is 19.6 Å². The number of nitrogens with one attached hydrogen (secondary N) is 1. The first-order chi connectivity index (χ1) is 12.7.